The zero-order valence-corrected chi connectivity index (χ0v) is 8.77. The molecule has 0 unspecified atom stereocenters. The van der Waals surface area contributed by atoms with Crippen LogP contribution in [0, 0.1) is 0 Å². The Labute approximate surface area is 86.3 Å². The number of nitrogens with zero attached hydrogens (tertiary/aromatic N) is 3. The van der Waals surface area contributed by atoms with Crippen molar-refractivity contribution in [3.8, 4) is 0 Å². The van der Waals surface area contributed by atoms with Gasteiger partial charge in [-0.2, -0.15) is 13.5 Å². The normalized spacial score (nSPS) is 12.1. The Bertz CT molecular complexity index is 603. The first-order chi connectivity index (χ1) is 6.97. The largest absolute Gasteiger partial charge is 0.285 e. The van der Waals surface area contributed by atoms with E-state index < -0.39 is 15.9 Å². The van der Waals surface area contributed by atoms with Crippen LogP contribution in [0.25, 0.3) is 11.0 Å². The number of aromatic nitrogens is 3. The van der Waals surface area contributed by atoms with Crippen molar-refractivity contribution < 1.29 is 13.0 Å². The lowest BCUT2D eigenvalue weighted by atomic mass is 10.3. The Balaban J connectivity index is 2.62. The molecule has 6 nitrogen and oxygen atoms in total. The molecule has 2 heterocycles. The maximum atomic E-state index is 10.7. The SMILES string of the molecule is Cn1nc(CS(=O)(=O)O)c2cccnc21. The fourth-order valence-electron chi connectivity index (χ4n) is 1.44. The molecule has 2 rings (SSSR count). The molecule has 0 aliphatic carbocycles. The molecule has 0 aliphatic rings. The summed E-state index contributed by atoms with van der Waals surface area (Å²) in [6.45, 7) is 0. The molecule has 2 aromatic rings. The molecule has 0 spiro atoms. The third kappa shape index (κ3) is 1.97. The van der Waals surface area contributed by atoms with E-state index in [0.717, 1.165) is 0 Å². The summed E-state index contributed by atoms with van der Waals surface area (Å²) < 4.78 is 31.7. The number of aryl methyl sites for hydroxylation is 1. The van der Waals surface area contributed by atoms with Crippen LogP contribution in [-0.2, 0) is 22.9 Å². The van der Waals surface area contributed by atoms with Gasteiger partial charge in [0, 0.05) is 18.6 Å². The van der Waals surface area contributed by atoms with Gasteiger partial charge < -0.3 is 0 Å². The summed E-state index contributed by atoms with van der Waals surface area (Å²) in [6, 6.07) is 3.41. The lowest BCUT2D eigenvalue weighted by molar-refractivity contribution is 0.481. The van der Waals surface area contributed by atoms with Crippen LogP contribution in [0.2, 0.25) is 0 Å². The molecule has 0 aromatic carbocycles. The summed E-state index contributed by atoms with van der Waals surface area (Å²) in [7, 11) is -2.39. The highest BCUT2D eigenvalue weighted by Gasteiger charge is 2.14. The van der Waals surface area contributed by atoms with Crippen LogP contribution < -0.4 is 0 Å². The fourth-order valence-corrected chi connectivity index (χ4v) is 2.00. The zero-order chi connectivity index (χ0) is 11.1. The molecule has 0 saturated carbocycles. The first kappa shape index (κ1) is 10.1. The van der Waals surface area contributed by atoms with Crippen molar-refractivity contribution >= 4 is 21.2 Å². The zero-order valence-electron chi connectivity index (χ0n) is 7.95. The Morgan fingerprint density at radius 1 is 1.53 bits per heavy atom. The number of hydrogen-bond donors (Lipinski definition) is 1. The number of pyridine rings is 1. The van der Waals surface area contributed by atoms with Gasteiger partial charge in [-0.1, -0.05) is 0 Å². The van der Waals surface area contributed by atoms with Gasteiger partial charge in [0.25, 0.3) is 10.1 Å². The molecule has 15 heavy (non-hydrogen) atoms. The van der Waals surface area contributed by atoms with Gasteiger partial charge in [0.1, 0.15) is 5.75 Å². The van der Waals surface area contributed by atoms with Crippen molar-refractivity contribution in [3.05, 3.63) is 24.0 Å². The van der Waals surface area contributed by atoms with E-state index in [-0.39, 0.29) is 0 Å². The maximum Gasteiger partial charge on any atom is 0.270 e. The molecule has 0 atom stereocenters. The van der Waals surface area contributed by atoms with Crippen LogP contribution in [0.3, 0.4) is 0 Å². The second-order valence-electron chi connectivity index (χ2n) is 3.17. The van der Waals surface area contributed by atoms with Crippen molar-refractivity contribution in [3.63, 3.8) is 0 Å². The van der Waals surface area contributed by atoms with E-state index in [1.165, 1.54) is 4.68 Å². The Kier molecular flexibility index (Phi) is 2.20. The van der Waals surface area contributed by atoms with Crippen LogP contribution in [0.4, 0.5) is 0 Å². The average molecular weight is 227 g/mol. The molecular formula is C8H9N3O3S. The first-order valence-electron chi connectivity index (χ1n) is 4.19. The van der Waals surface area contributed by atoms with Crippen molar-refractivity contribution in [1.82, 2.24) is 14.8 Å². The molecule has 0 aliphatic heterocycles. The van der Waals surface area contributed by atoms with Gasteiger partial charge in [0.2, 0.25) is 0 Å². The maximum absolute atomic E-state index is 10.7. The number of fused-ring (bicyclic) bond motifs is 1. The van der Waals surface area contributed by atoms with Crippen LogP contribution in [0.15, 0.2) is 18.3 Å². The highest BCUT2D eigenvalue weighted by atomic mass is 32.2. The van der Waals surface area contributed by atoms with Gasteiger partial charge >= 0.3 is 0 Å². The van der Waals surface area contributed by atoms with Gasteiger partial charge in [-0.25, -0.2) is 4.98 Å². The standard InChI is InChI=1S/C8H9N3O3S/c1-11-8-6(3-2-4-9-8)7(10-11)5-15(12,13)14/h2-4H,5H2,1H3,(H,12,13,14). The van der Waals surface area contributed by atoms with Crippen LogP contribution in [-0.4, -0.2) is 27.7 Å². The smallest absolute Gasteiger partial charge is 0.270 e. The molecule has 0 amide bonds. The summed E-state index contributed by atoms with van der Waals surface area (Å²) in [5, 5.41) is 4.63. The third-order valence-electron chi connectivity index (χ3n) is 1.99. The van der Waals surface area contributed by atoms with E-state index in [1.54, 1.807) is 25.4 Å². The lowest BCUT2D eigenvalue weighted by Crippen LogP contribution is -2.03. The van der Waals surface area contributed by atoms with Crippen molar-refractivity contribution in [2.75, 3.05) is 0 Å². The van der Waals surface area contributed by atoms with E-state index in [9.17, 15) is 8.42 Å². The van der Waals surface area contributed by atoms with Crippen LogP contribution >= 0.6 is 0 Å². The van der Waals surface area contributed by atoms with E-state index in [4.69, 9.17) is 4.55 Å². The molecule has 0 radical (unpaired) electrons. The molecular weight excluding hydrogens is 218 g/mol. The molecule has 0 saturated heterocycles. The predicted octanol–water partition coefficient (Wildman–Crippen LogP) is 0.356. The summed E-state index contributed by atoms with van der Waals surface area (Å²) in [5.41, 5.74) is 0.902. The second-order valence-corrected chi connectivity index (χ2v) is 4.62. The van der Waals surface area contributed by atoms with Crippen LogP contribution in [0.1, 0.15) is 5.69 Å². The van der Waals surface area contributed by atoms with Gasteiger partial charge in [0.15, 0.2) is 5.65 Å². The first-order valence-corrected chi connectivity index (χ1v) is 5.80. The molecule has 7 heteroatoms. The van der Waals surface area contributed by atoms with Gasteiger partial charge in [-0.15, -0.1) is 0 Å². The Morgan fingerprint density at radius 3 is 2.93 bits per heavy atom. The number of hydrogen-bond acceptors (Lipinski definition) is 4. The Morgan fingerprint density at radius 2 is 2.27 bits per heavy atom. The highest BCUT2D eigenvalue weighted by molar-refractivity contribution is 7.85. The molecule has 0 fully saturated rings. The van der Waals surface area contributed by atoms with Gasteiger partial charge in [0.05, 0.1) is 5.69 Å². The minimum absolute atomic E-state index is 0.308. The quantitative estimate of drug-likeness (QED) is 0.748. The summed E-state index contributed by atoms with van der Waals surface area (Å²) in [6.07, 6.45) is 1.60. The minimum atomic E-state index is -4.06. The van der Waals surface area contributed by atoms with Crippen molar-refractivity contribution in [2.24, 2.45) is 7.05 Å². The highest BCUT2D eigenvalue weighted by Crippen LogP contribution is 2.16. The monoisotopic (exact) mass is 227 g/mol. The van der Waals surface area contributed by atoms with E-state index in [2.05, 4.69) is 10.1 Å². The summed E-state index contributed by atoms with van der Waals surface area (Å²) in [5.74, 6) is -0.490. The van der Waals surface area contributed by atoms with Gasteiger partial charge in [-0.05, 0) is 12.1 Å². The summed E-state index contributed by atoms with van der Waals surface area (Å²) in [4.78, 5) is 4.06. The molecule has 1 N–H and O–H groups in total. The van der Waals surface area contributed by atoms with E-state index in [1.807, 2.05) is 0 Å². The van der Waals surface area contributed by atoms with Crippen molar-refractivity contribution in [2.45, 2.75) is 5.75 Å². The lowest BCUT2D eigenvalue weighted by Gasteiger charge is -1.92. The topological polar surface area (TPSA) is 85.1 Å². The third-order valence-corrected chi connectivity index (χ3v) is 2.63. The molecule has 80 valence electrons. The number of rotatable bonds is 2. The molecule has 0 bridgehead atoms. The summed E-state index contributed by atoms with van der Waals surface area (Å²) >= 11 is 0. The van der Waals surface area contributed by atoms with Crippen molar-refractivity contribution in [1.29, 1.82) is 0 Å². The predicted molar refractivity (Wildman–Crippen MR) is 53.8 cm³/mol. The Hall–Kier alpha value is -1.47. The second kappa shape index (κ2) is 3.28. The average Bonchev–Trinajstić information content (AvgIpc) is 2.42. The van der Waals surface area contributed by atoms with E-state index in [0.29, 0.717) is 16.7 Å². The van der Waals surface area contributed by atoms with Crippen LogP contribution in [0.5, 0.6) is 0 Å². The van der Waals surface area contributed by atoms with Gasteiger partial charge in [-0.3, -0.25) is 9.23 Å². The fraction of sp³-hybridized carbons (Fsp3) is 0.250. The van der Waals surface area contributed by atoms with E-state index >= 15 is 0 Å². The minimum Gasteiger partial charge on any atom is -0.285 e. The molecule has 2 aromatic heterocycles.